The van der Waals surface area contributed by atoms with E-state index in [0.717, 1.165) is 22.6 Å². The lowest BCUT2D eigenvalue weighted by atomic mass is 10.1. The molecule has 3 rings (SSSR count). The topological polar surface area (TPSA) is 3.24 Å². The van der Waals surface area contributed by atoms with Gasteiger partial charge in [-0.2, -0.15) is 0 Å². The first-order valence-electron chi connectivity index (χ1n) is 8.76. The molecule has 0 N–H and O–H groups in total. The third kappa shape index (κ3) is 5.83. The predicted molar refractivity (Wildman–Crippen MR) is 137 cm³/mol. The Kier molecular flexibility index (Phi) is 6.66. The van der Waals surface area contributed by atoms with Crippen LogP contribution in [0.4, 0.5) is 17.1 Å². The Hall–Kier alpha value is -1.30. The molecule has 0 aliphatic carbocycles. The summed E-state index contributed by atoms with van der Waals surface area (Å²) in [5, 5.41) is 0. The summed E-state index contributed by atoms with van der Waals surface area (Å²) in [7, 11) is -1.36. The summed E-state index contributed by atoms with van der Waals surface area (Å²) in [6.45, 7) is 6.80. The fraction of sp³-hybridized carbons (Fsp3) is 0.130. The highest BCUT2D eigenvalue weighted by molar-refractivity contribution is 14.1. The summed E-state index contributed by atoms with van der Waals surface area (Å²) < 4.78 is 2.46. The number of hydrogen-bond acceptors (Lipinski definition) is 1. The van der Waals surface area contributed by atoms with Gasteiger partial charge in [0.2, 0.25) is 0 Å². The summed E-state index contributed by atoms with van der Waals surface area (Å²) in [6.07, 6.45) is 0. The first-order chi connectivity index (χ1) is 12.8. The molecule has 0 aliphatic heterocycles. The Balaban J connectivity index is 2.01. The smallest absolute Gasteiger partial charge is 0.129 e. The summed E-state index contributed by atoms with van der Waals surface area (Å²) >= 11 is 4.68. The van der Waals surface area contributed by atoms with Crippen molar-refractivity contribution in [2.24, 2.45) is 0 Å². The predicted octanol–water partition coefficient (Wildman–Crippen LogP) is 7.59. The van der Waals surface area contributed by atoms with Gasteiger partial charge in [0.1, 0.15) is 8.07 Å². The van der Waals surface area contributed by atoms with Crippen molar-refractivity contribution in [3.63, 3.8) is 0 Å². The van der Waals surface area contributed by atoms with Gasteiger partial charge in [0.15, 0.2) is 0 Å². The van der Waals surface area contributed by atoms with Crippen LogP contribution in [0.1, 0.15) is 5.56 Å². The summed E-state index contributed by atoms with van der Waals surface area (Å²) in [4.78, 5) is 2.28. The Morgan fingerprint density at radius 1 is 0.630 bits per heavy atom. The van der Waals surface area contributed by atoms with Crippen molar-refractivity contribution < 1.29 is 0 Å². The Morgan fingerprint density at radius 3 is 1.37 bits per heavy atom. The van der Waals surface area contributed by atoms with Gasteiger partial charge in [-0.15, -0.1) is 5.54 Å². The maximum Gasteiger partial charge on any atom is 0.129 e. The molecule has 27 heavy (non-hydrogen) atoms. The van der Waals surface area contributed by atoms with E-state index >= 15 is 0 Å². The molecule has 0 amide bonds. The maximum atomic E-state index is 3.44. The number of halogens is 2. The summed E-state index contributed by atoms with van der Waals surface area (Å²) in [5.41, 5.74) is 7.95. The molecule has 0 heterocycles. The Morgan fingerprint density at radius 2 is 1.00 bits per heavy atom. The van der Waals surface area contributed by atoms with E-state index in [0.29, 0.717) is 0 Å². The minimum atomic E-state index is -1.36. The molecule has 0 aromatic heterocycles. The van der Waals surface area contributed by atoms with Gasteiger partial charge in [-0.05, 0) is 118 Å². The van der Waals surface area contributed by atoms with E-state index in [1.807, 2.05) is 0 Å². The highest BCUT2D eigenvalue weighted by Crippen LogP contribution is 2.35. The van der Waals surface area contributed by atoms with E-state index in [9.17, 15) is 0 Å². The second kappa shape index (κ2) is 8.80. The average Bonchev–Trinajstić information content (AvgIpc) is 2.64. The molecule has 0 saturated heterocycles. The second-order valence-corrected chi connectivity index (χ2v) is 14.6. The molecule has 0 bridgehead atoms. The van der Waals surface area contributed by atoms with Crippen molar-refractivity contribution in [2.45, 2.75) is 19.6 Å². The number of rotatable bonds is 3. The van der Waals surface area contributed by atoms with Crippen LogP contribution in [0.25, 0.3) is 0 Å². The van der Waals surface area contributed by atoms with Gasteiger partial charge in [-0.3, -0.25) is 0 Å². The first kappa shape index (κ1) is 20.4. The van der Waals surface area contributed by atoms with Gasteiger partial charge < -0.3 is 4.90 Å². The third-order valence-corrected chi connectivity index (χ3v) is 6.19. The zero-order chi connectivity index (χ0) is 19.4. The fourth-order valence-corrected chi connectivity index (χ4v) is 3.82. The van der Waals surface area contributed by atoms with Gasteiger partial charge >= 0.3 is 0 Å². The van der Waals surface area contributed by atoms with E-state index in [-0.39, 0.29) is 0 Å². The van der Waals surface area contributed by atoms with Crippen LogP contribution in [-0.2, 0) is 0 Å². The van der Waals surface area contributed by atoms with Crippen molar-refractivity contribution in [1.29, 1.82) is 0 Å². The normalized spacial score (nSPS) is 10.9. The number of anilines is 3. The van der Waals surface area contributed by atoms with Crippen molar-refractivity contribution in [3.8, 4) is 11.5 Å². The minimum absolute atomic E-state index is 1.08. The molecule has 0 unspecified atom stereocenters. The molecule has 0 radical (unpaired) electrons. The molecule has 0 atom stereocenters. The third-order valence-electron chi connectivity index (χ3n) is 3.88. The van der Waals surface area contributed by atoms with Gasteiger partial charge in [-0.1, -0.05) is 25.6 Å². The van der Waals surface area contributed by atoms with Crippen LogP contribution in [0.15, 0.2) is 72.8 Å². The van der Waals surface area contributed by atoms with Crippen molar-refractivity contribution in [1.82, 2.24) is 0 Å². The molecule has 1 nitrogen and oxygen atoms in total. The van der Waals surface area contributed by atoms with Gasteiger partial charge in [0.25, 0.3) is 0 Å². The van der Waals surface area contributed by atoms with Gasteiger partial charge in [0.05, 0.1) is 0 Å². The van der Waals surface area contributed by atoms with Gasteiger partial charge in [-0.25, -0.2) is 0 Å². The van der Waals surface area contributed by atoms with E-state index < -0.39 is 8.07 Å². The molecule has 0 aliphatic rings. The zero-order valence-corrected chi connectivity index (χ0v) is 20.9. The van der Waals surface area contributed by atoms with Gasteiger partial charge in [0, 0.05) is 29.8 Å². The fourth-order valence-electron chi connectivity index (χ4n) is 2.58. The SMILES string of the molecule is C[Si](C)(C)C#Cc1ccc(N(c2ccc(I)cc2)c2ccc(I)cc2)cc1. The first-order valence-corrected chi connectivity index (χ1v) is 14.4. The number of nitrogens with zero attached hydrogens (tertiary/aromatic N) is 1. The highest BCUT2D eigenvalue weighted by atomic mass is 127. The Labute approximate surface area is 190 Å². The van der Waals surface area contributed by atoms with E-state index in [2.05, 4.69) is 154 Å². The zero-order valence-electron chi connectivity index (χ0n) is 15.6. The highest BCUT2D eigenvalue weighted by Gasteiger charge is 2.12. The molecule has 0 fully saturated rings. The molecular weight excluding hydrogens is 572 g/mol. The summed E-state index contributed by atoms with van der Waals surface area (Å²) in [5.74, 6) is 3.34. The van der Waals surface area contributed by atoms with Crippen LogP contribution in [-0.4, -0.2) is 8.07 Å². The molecule has 136 valence electrons. The molecule has 0 saturated carbocycles. The lowest BCUT2D eigenvalue weighted by Crippen LogP contribution is -2.16. The molecule has 3 aromatic carbocycles. The largest absolute Gasteiger partial charge is 0.311 e. The van der Waals surface area contributed by atoms with Crippen LogP contribution >= 0.6 is 45.2 Å². The van der Waals surface area contributed by atoms with E-state index in [1.165, 1.54) is 7.14 Å². The average molecular weight is 593 g/mol. The van der Waals surface area contributed by atoms with Crippen molar-refractivity contribution in [3.05, 3.63) is 85.5 Å². The van der Waals surface area contributed by atoms with E-state index in [1.54, 1.807) is 0 Å². The number of hydrogen-bond donors (Lipinski definition) is 0. The lowest BCUT2D eigenvalue weighted by Gasteiger charge is -2.25. The van der Waals surface area contributed by atoms with Crippen LogP contribution in [0, 0.1) is 18.6 Å². The van der Waals surface area contributed by atoms with Crippen LogP contribution < -0.4 is 4.90 Å². The number of benzene rings is 3. The summed E-state index contributed by atoms with van der Waals surface area (Å²) in [6, 6.07) is 25.8. The standard InChI is InChI=1S/C23H21I2NSi/c1-27(2,3)17-16-18-4-10-21(11-5-18)26(22-12-6-19(24)7-13-22)23-14-8-20(25)9-15-23/h4-15H,1-3H3. The second-order valence-electron chi connectivity index (χ2n) is 7.34. The molecular formula is C23H21I2NSi. The molecule has 3 aromatic rings. The quantitative estimate of drug-likeness (QED) is 0.172. The van der Waals surface area contributed by atoms with Crippen molar-refractivity contribution >= 4 is 70.3 Å². The molecule has 0 spiro atoms. The monoisotopic (exact) mass is 593 g/mol. The van der Waals surface area contributed by atoms with E-state index in [4.69, 9.17) is 0 Å². The lowest BCUT2D eigenvalue weighted by molar-refractivity contribution is 1.28. The maximum absolute atomic E-state index is 3.44. The van der Waals surface area contributed by atoms with Crippen LogP contribution in [0.3, 0.4) is 0 Å². The minimum Gasteiger partial charge on any atom is -0.311 e. The van der Waals surface area contributed by atoms with Crippen molar-refractivity contribution in [2.75, 3.05) is 4.90 Å². The Bertz CT molecular complexity index is 915. The van der Waals surface area contributed by atoms with Crippen LogP contribution in [0.5, 0.6) is 0 Å². The van der Waals surface area contributed by atoms with Crippen LogP contribution in [0.2, 0.25) is 19.6 Å². The molecule has 4 heteroatoms.